The summed E-state index contributed by atoms with van der Waals surface area (Å²) in [7, 11) is 0. The molecule has 66 valence electrons. The van der Waals surface area contributed by atoms with Crippen molar-refractivity contribution in [3.8, 4) is 0 Å². The Bertz CT molecular complexity index is 256. The number of esters is 1. The van der Waals surface area contributed by atoms with E-state index in [1.54, 1.807) is 0 Å². The molecule has 12 heavy (non-hydrogen) atoms. The average molecular weight is 211 g/mol. The lowest BCUT2D eigenvalue weighted by Crippen LogP contribution is -2.03. The number of ether oxygens (including phenoxy) is 1. The second kappa shape index (κ2) is 4.79. The molecule has 0 radical (unpaired) electrons. The fourth-order valence-corrected chi connectivity index (χ4v) is 0.519. The number of carbonyl (C=O) groups is 2. The van der Waals surface area contributed by atoms with E-state index in [9.17, 15) is 9.59 Å². The van der Waals surface area contributed by atoms with E-state index >= 15 is 0 Å². The van der Waals surface area contributed by atoms with Gasteiger partial charge in [0.05, 0.1) is 0 Å². The molecule has 0 amide bonds. The van der Waals surface area contributed by atoms with Gasteiger partial charge in [-0.3, -0.25) is 0 Å². The van der Waals surface area contributed by atoms with E-state index in [2.05, 4.69) is 11.3 Å². The molecule has 0 aliphatic carbocycles. The molecule has 1 N–H and O–H groups in total. The van der Waals surface area contributed by atoms with Crippen molar-refractivity contribution in [2.45, 2.75) is 0 Å². The van der Waals surface area contributed by atoms with E-state index in [1.165, 1.54) is 0 Å². The minimum atomic E-state index is -1.35. The zero-order valence-corrected chi connectivity index (χ0v) is 7.22. The number of aliphatic carboxylic acids is 1. The molecule has 0 aromatic heterocycles. The average Bonchev–Trinajstić information content (AvgIpc) is 1.84. The summed E-state index contributed by atoms with van der Waals surface area (Å²) in [6.07, 6.45) is 0.490. The number of halogens is 2. The van der Waals surface area contributed by atoms with Crippen molar-refractivity contribution in [1.82, 2.24) is 0 Å². The molecule has 0 saturated heterocycles. The Morgan fingerprint density at radius 3 is 2.25 bits per heavy atom. The van der Waals surface area contributed by atoms with Gasteiger partial charge in [-0.2, -0.15) is 0 Å². The highest BCUT2D eigenvalue weighted by molar-refractivity contribution is 6.42. The third-order valence-electron chi connectivity index (χ3n) is 0.649. The minimum Gasteiger partial charge on any atom is -0.478 e. The van der Waals surface area contributed by atoms with Gasteiger partial charge in [-0.05, 0) is 18.2 Å². The molecule has 0 atom stereocenters. The summed E-state index contributed by atoms with van der Waals surface area (Å²) < 4.78 is 4.18. The monoisotopic (exact) mass is 210 g/mol. The van der Waals surface area contributed by atoms with E-state index in [-0.39, 0.29) is 5.22 Å². The first-order chi connectivity index (χ1) is 5.43. The van der Waals surface area contributed by atoms with Crippen LogP contribution in [0, 0.1) is 0 Å². The zero-order valence-electron chi connectivity index (χ0n) is 5.71. The predicted molar refractivity (Wildman–Crippen MR) is 42.7 cm³/mol. The van der Waals surface area contributed by atoms with E-state index in [1.807, 2.05) is 0 Å². The number of carbonyl (C=O) groups excluding carboxylic acids is 1. The Balaban J connectivity index is 4.29. The first kappa shape index (κ1) is 11.0. The normalized spacial score (nSPS) is 10.7. The molecular weight excluding hydrogens is 207 g/mol. The summed E-state index contributed by atoms with van der Waals surface area (Å²) in [6, 6.07) is 0. The zero-order chi connectivity index (χ0) is 9.72. The van der Waals surface area contributed by atoms with Gasteiger partial charge in [0.1, 0.15) is 5.03 Å². The molecule has 0 aromatic rings. The van der Waals surface area contributed by atoms with Crippen LogP contribution in [0.4, 0.5) is 0 Å². The van der Waals surface area contributed by atoms with Gasteiger partial charge in [0.2, 0.25) is 0 Å². The summed E-state index contributed by atoms with van der Waals surface area (Å²) in [5.74, 6) is -2.41. The Kier molecular flexibility index (Phi) is 4.39. The van der Waals surface area contributed by atoms with Gasteiger partial charge in [0.25, 0.3) is 0 Å². The Morgan fingerprint density at radius 2 is 1.92 bits per heavy atom. The van der Waals surface area contributed by atoms with Gasteiger partial charge in [0, 0.05) is 6.08 Å². The first-order valence-corrected chi connectivity index (χ1v) is 3.35. The lowest BCUT2D eigenvalue weighted by molar-refractivity contribution is -0.135. The maximum atomic E-state index is 10.7. The molecule has 0 aliphatic heterocycles. The molecular formula is C6H4Cl2O4. The highest BCUT2D eigenvalue weighted by Gasteiger charge is 2.10. The second-order valence-electron chi connectivity index (χ2n) is 1.58. The molecule has 0 spiro atoms. The van der Waals surface area contributed by atoms with Crippen LogP contribution in [0.5, 0.6) is 0 Å². The Morgan fingerprint density at radius 1 is 1.42 bits per heavy atom. The van der Waals surface area contributed by atoms with Gasteiger partial charge in [-0.25, -0.2) is 9.59 Å². The molecule has 0 aliphatic rings. The van der Waals surface area contributed by atoms with Gasteiger partial charge >= 0.3 is 11.9 Å². The summed E-state index contributed by atoms with van der Waals surface area (Å²) in [5, 5.41) is 7.19. The largest absolute Gasteiger partial charge is 0.478 e. The number of rotatable bonds is 3. The molecule has 0 rings (SSSR count). The van der Waals surface area contributed by atoms with E-state index in [4.69, 9.17) is 28.3 Å². The quantitative estimate of drug-likeness (QED) is 0.435. The number of carboxylic acids is 1. The SMILES string of the molecule is C=C(Cl)OC(=O)/C(Cl)=C/C(=O)O. The van der Waals surface area contributed by atoms with Crippen LogP contribution in [0.3, 0.4) is 0 Å². The number of carboxylic acid groups (broad SMARTS) is 1. The molecule has 0 bridgehead atoms. The minimum absolute atomic E-state index is 0.378. The van der Waals surface area contributed by atoms with Crippen molar-refractivity contribution >= 4 is 35.1 Å². The molecule has 0 saturated carbocycles. The summed E-state index contributed by atoms with van der Waals surface area (Å²) in [6.45, 7) is 3.05. The first-order valence-electron chi connectivity index (χ1n) is 2.60. The standard InChI is InChI=1S/C6H4Cl2O4/c1-3(7)12-6(11)4(8)2-5(9)10/h2H,1H2,(H,9,10)/b4-2-. The van der Waals surface area contributed by atoms with Crippen LogP contribution in [0.2, 0.25) is 0 Å². The van der Waals surface area contributed by atoms with Gasteiger partial charge in [-0.1, -0.05) is 11.6 Å². The summed E-state index contributed by atoms with van der Waals surface area (Å²) >= 11 is 10.3. The summed E-state index contributed by atoms with van der Waals surface area (Å²) in [5.41, 5.74) is 0. The maximum absolute atomic E-state index is 10.7. The van der Waals surface area contributed by atoms with E-state index < -0.39 is 17.0 Å². The third-order valence-corrected chi connectivity index (χ3v) is 0.989. The highest BCUT2D eigenvalue weighted by Crippen LogP contribution is 2.08. The van der Waals surface area contributed by atoms with Crippen molar-refractivity contribution in [3.05, 3.63) is 22.9 Å². The van der Waals surface area contributed by atoms with Crippen molar-refractivity contribution in [2.24, 2.45) is 0 Å². The Hall–Kier alpha value is -1.00. The lowest BCUT2D eigenvalue weighted by Gasteiger charge is -1.97. The van der Waals surface area contributed by atoms with Crippen LogP contribution in [-0.4, -0.2) is 17.0 Å². The van der Waals surface area contributed by atoms with Gasteiger partial charge in [-0.15, -0.1) is 0 Å². The fourth-order valence-electron chi connectivity index (χ4n) is 0.317. The molecule has 0 heterocycles. The third kappa shape index (κ3) is 4.76. The van der Waals surface area contributed by atoms with Gasteiger partial charge in [0.15, 0.2) is 5.22 Å². The predicted octanol–water partition coefficient (Wildman–Crippen LogP) is 1.45. The molecule has 4 nitrogen and oxygen atoms in total. The van der Waals surface area contributed by atoms with Crippen LogP contribution >= 0.6 is 23.2 Å². The maximum Gasteiger partial charge on any atom is 0.356 e. The van der Waals surface area contributed by atoms with Crippen LogP contribution < -0.4 is 0 Å². The lowest BCUT2D eigenvalue weighted by atomic mass is 10.5. The smallest absolute Gasteiger partial charge is 0.356 e. The van der Waals surface area contributed by atoms with Crippen molar-refractivity contribution in [1.29, 1.82) is 0 Å². The van der Waals surface area contributed by atoms with E-state index in [0.717, 1.165) is 0 Å². The number of hydrogen-bond donors (Lipinski definition) is 1. The van der Waals surface area contributed by atoms with Crippen molar-refractivity contribution in [2.75, 3.05) is 0 Å². The van der Waals surface area contributed by atoms with Crippen LogP contribution in [0.15, 0.2) is 22.9 Å². The van der Waals surface area contributed by atoms with Crippen LogP contribution in [-0.2, 0) is 14.3 Å². The fraction of sp³-hybridized carbons (Fsp3) is 0. The highest BCUT2D eigenvalue weighted by atomic mass is 35.5. The van der Waals surface area contributed by atoms with Gasteiger partial charge < -0.3 is 9.84 Å². The van der Waals surface area contributed by atoms with Crippen molar-refractivity contribution < 1.29 is 19.4 Å². The van der Waals surface area contributed by atoms with E-state index in [0.29, 0.717) is 6.08 Å². The molecule has 0 fully saturated rings. The molecule has 0 aromatic carbocycles. The second-order valence-corrected chi connectivity index (χ2v) is 2.40. The van der Waals surface area contributed by atoms with Crippen LogP contribution in [0.1, 0.15) is 0 Å². The number of hydrogen-bond acceptors (Lipinski definition) is 3. The molecule has 0 unspecified atom stereocenters. The molecule has 6 heteroatoms. The topological polar surface area (TPSA) is 63.6 Å². The summed E-state index contributed by atoms with van der Waals surface area (Å²) in [4.78, 5) is 20.6. The van der Waals surface area contributed by atoms with Crippen molar-refractivity contribution in [3.63, 3.8) is 0 Å². The Labute approximate surface area is 78.0 Å². The van der Waals surface area contributed by atoms with Crippen LogP contribution in [0.25, 0.3) is 0 Å².